The lowest BCUT2D eigenvalue weighted by molar-refractivity contribution is 0.195. The predicted molar refractivity (Wildman–Crippen MR) is 68.1 cm³/mol. The first-order valence-electron chi connectivity index (χ1n) is 5.28. The Morgan fingerprint density at radius 3 is 2.71 bits per heavy atom. The topological polar surface area (TPSA) is 57.8 Å². The van der Waals surface area contributed by atoms with E-state index in [2.05, 4.69) is 5.10 Å². The molecule has 0 aliphatic heterocycles. The monoisotopic (exact) mass is 253 g/mol. The molecule has 6 heteroatoms. The summed E-state index contributed by atoms with van der Waals surface area (Å²) in [5.74, 6) is 0. The van der Waals surface area contributed by atoms with Crippen molar-refractivity contribution in [1.29, 1.82) is 0 Å². The smallest absolute Gasteiger partial charge is 0.412 e. The van der Waals surface area contributed by atoms with Gasteiger partial charge in [-0.25, -0.2) is 9.31 Å². The van der Waals surface area contributed by atoms with E-state index in [1.807, 2.05) is 39.3 Å². The van der Waals surface area contributed by atoms with E-state index in [-0.39, 0.29) is 0 Å². The number of carboxylic acid groups (broad SMARTS) is 1. The van der Waals surface area contributed by atoms with E-state index >= 15 is 0 Å². The van der Waals surface area contributed by atoms with E-state index in [1.165, 1.54) is 16.2 Å². The number of thiazole rings is 1. The standard InChI is InChI=1S/C11H15N3O2S/c1-7-8(9-13(12-7)5-6-17-9)14(10(15)16)11(2,3)4/h5-6H,1-4H3,(H,15,16). The molecule has 0 atom stereocenters. The van der Waals surface area contributed by atoms with Gasteiger partial charge in [-0.2, -0.15) is 5.10 Å². The number of fused-ring (bicyclic) bond motifs is 1. The Morgan fingerprint density at radius 2 is 2.18 bits per heavy atom. The fourth-order valence-corrected chi connectivity index (χ4v) is 2.72. The Morgan fingerprint density at radius 1 is 1.53 bits per heavy atom. The summed E-state index contributed by atoms with van der Waals surface area (Å²) < 4.78 is 1.72. The van der Waals surface area contributed by atoms with Crippen molar-refractivity contribution < 1.29 is 9.90 Å². The number of hydrogen-bond donors (Lipinski definition) is 1. The Labute approximate surface area is 103 Å². The van der Waals surface area contributed by atoms with Crippen molar-refractivity contribution >= 4 is 27.9 Å². The van der Waals surface area contributed by atoms with Crippen LogP contribution in [0.4, 0.5) is 10.5 Å². The molecule has 0 radical (unpaired) electrons. The Hall–Kier alpha value is -1.56. The number of anilines is 1. The summed E-state index contributed by atoms with van der Waals surface area (Å²) in [5.41, 5.74) is 0.915. The second kappa shape index (κ2) is 3.73. The molecule has 2 aromatic heterocycles. The van der Waals surface area contributed by atoms with E-state index in [9.17, 15) is 9.90 Å². The van der Waals surface area contributed by atoms with Gasteiger partial charge >= 0.3 is 6.09 Å². The maximum atomic E-state index is 11.5. The predicted octanol–water partition coefficient (Wildman–Crippen LogP) is 2.99. The SMILES string of the molecule is Cc1nn2ccsc2c1N(C(=O)O)C(C)(C)C. The van der Waals surface area contributed by atoms with Crippen LogP contribution in [-0.4, -0.2) is 26.4 Å². The fraction of sp³-hybridized carbons (Fsp3) is 0.455. The van der Waals surface area contributed by atoms with Crippen molar-refractivity contribution in [3.63, 3.8) is 0 Å². The van der Waals surface area contributed by atoms with E-state index in [0.29, 0.717) is 5.69 Å². The lowest BCUT2D eigenvalue weighted by atomic mass is 10.1. The molecule has 0 aliphatic rings. The summed E-state index contributed by atoms with van der Waals surface area (Å²) in [7, 11) is 0. The maximum Gasteiger partial charge on any atom is 0.412 e. The molecule has 92 valence electrons. The lowest BCUT2D eigenvalue weighted by Gasteiger charge is -2.32. The molecule has 0 fully saturated rings. The molecule has 1 N–H and O–H groups in total. The van der Waals surface area contributed by atoms with Gasteiger partial charge in [-0.3, -0.25) is 4.90 Å². The summed E-state index contributed by atoms with van der Waals surface area (Å²) in [5, 5.41) is 15.6. The van der Waals surface area contributed by atoms with Crippen LogP contribution in [0.5, 0.6) is 0 Å². The van der Waals surface area contributed by atoms with E-state index in [0.717, 1.165) is 10.5 Å². The minimum Gasteiger partial charge on any atom is -0.465 e. The van der Waals surface area contributed by atoms with Crippen molar-refractivity contribution in [3.05, 3.63) is 17.3 Å². The van der Waals surface area contributed by atoms with Crippen molar-refractivity contribution in [2.75, 3.05) is 4.90 Å². The van der Waals surface area contributed by atoms with Gasteiger partial charge in [-0.15, -0.1) is 11.3 Å². The maximum absolute atomic E-state index is 11.5. The second-order valence-electron chi connectivity index (χ2n) is 4.88. The first kappa shape index (κ1) is 11.9. The molecule has 0 saturated carbocycles. The summed E-state index contributed by atoms with van der Waals surface area (Å²) in [4.78, 5) is 13.7. The normalized spacial score (nSPS) is 12.0. The molecule has 0 saturated heterocycles. The number of nitrogens with zero attached hydrogens (tertiary/aromatic N) is 3. The third kappa shape index (κ3) is 1.88. The van der Waals surface area contributed by atoms with Gasteiger partial charge in [-0.1, -0.05) is 0 Å². The molecule has 2 aromatic rings. The molecule has 1 amide bonds. The molecule has 0 aliphatic carbocycles. The van der Waals surface area contributed by atoms with Gasteiger partial charge in [0.1, 0.15) is 10.5 Å². The molecule has 17 heavy (non-hydrogen) atoms. The highest BCUT2D eigenvalue weighted by Gasteiger charge is 2.32. The van der Waals surface area contributed by atoms with Crippen LogP contribution in [0.3, 0.4) is 0 Å². The van der Waals surface area contributed by atoms with Crippen molar-refractivity contribution in [2.24, 2.45) is 0 Å². The van der Waals surface area contributed by atoms with Gasteiger partial charge in [0.15, 0.2) is 0 Å². The van der Waals surface area contributed by atoms with Crippen LogP contribution in [0.25, 0.3) is 4.83 Å². The number of aryl methyl sites for hydroxylation is 1. The molecular formula is C11H15N3O2S. The lowest BCUT2D eigenvalue weighted by Crippen LogP contribution is -2.45. The van der Waals surface area contributed by atoms with E-state index in [4.69, 9.17) is 0 Å². The highest BCUT2D eigenvalue weighted by Crippen LogP contribution is 2.33. The van der Waals surface area contributed by atoms with Crippen LogP contribution in [0, 0.1) is 6.92 Å². The summed E-state index contributed by atoms with van der Waals surface area (Å²) >= 11 is 1.49. The molecule has 2 rings (SSSR count). The highest BCUT2D eigenvalue weighted by atomic mass is 32.1. The highest BCUT2D eigenvalue weighted by molar-refractivity contribution is 7.16. The quantitative estimate of drug-likeness (QED) is 0.850. The minimum atomic E-state index is -0.955. The molecule has 0 spiro atoms. The number of aromatic nitrogens is 2. The van der Waals surface area contributed by atoms with Gasteiger partial charge in [-0.05, 0) is 27.7 Å². The summed E-state index contributed by atoms with van der Waals surface area (Å²) in [6, 6.07) is 0. The van der Waals surface area contributed by atoms with Crippen molar-refractivity contribution in [2.45, 2.75) is 33.2 Å². The van der Waals surface area contributed by atoms with Crippen LogP contribution in [-0.2, 0) is 0 Å². The Balaban J connectivity index is 2.67. The van der Waals surface area contributed by atoms with Gasteiger partial charge in [0.05, 0.1) is 5.69 Å². The zero-order chi connectivity index (χ0) is 12.8. The van der Waals surface area contributed by atoms with Gasteiger partial charge in [0.25, 0.3) is 0 Å². The summed E-state index contributed by atoms with van der Waals surface area (Å²) in [6.07, 6.45) is 0.878. The molecule has 2 heterocycles. The Bertz CT molecular complexity index is 565. The van der Waals surface area contributed by atoms with Crippen molar-refractivity contribution in [1.82, 2.24) is 9.61 Å². The van der Waals surface area contributed by atoms with Crippen LogP contribution >= 0.6 is 11.3 Å². The Kier molecular flexibility index (Phi) is 2.61. The van der Waals surface area contributed by atoms with Gasteiger partial charge in [0.2, 0.25) is 0 Å². The largest absolute Gasteiger partial charge is 0.465 e. The zero-order valence-electron chi connectivity index (χ0n) is 10.3. The minimum absolute atomic E-state index is 0.496. The van der Waals surface area contributed by atoms with Crippen molar-refractivity contribution in [3.8, 4) is 0 Å². The molecule has 5 nitrogen and oxygen atoms in total. The average Bonchev–Trinajstić information content (AvgIpc) is 2.67. The first-order valence-corrected chi connectivity index (χ1v) is 6.16. The van der Waals surface area contributed by atoms with Crippen LogP contribution in [0.15, 0.2) is 11.6 Å². The molecular weight excluding hydrogens is 238 g/mol. The average molecular weight is 253 g/mol. The molecule has 0 unspecified atom stereocenters. The number of amides is 1. The van der Waals surface area contributed by atoms with Crippen LogP contribution in [0.1, 0.15) is 26.5 Å². The third-order valence-corrected chi connectivity index (χ3v) is 3.34. The van der Waals surface area contributed by atoms with Crippen LogP contribution in [0.2, 0.25) is 0 Å². The zero-order valence-corrected chi connectivity index (χ0v) is 11.1. The first-order chi connectivity index (χ1) is 7.82. The molecule has 0 bridgehead atoms. The number of rotatable bonds is 1. The van der Waals surface area contributed by atoms with E-state index in [1.54, 1.807) is 4.52 Å². The molecule has 0 aromatic carbocycles. The second-order valence-corrected chi connectivity index (χ2v) is 5.77. The van der Waals surface area contributed by atoms with Gasteiger partial charge in [0, 0.05) is 17.1 Å². The van der Waals surface area contributed by atoms with E-state index < -0.39 is 11.6 Å². The third-order valence-electron chi connectivity index (χ3n) is 2.48. The number of hydrogen-bond acceptors (Lipinski definition) is 3. The van der Waals surface area contributed by atoms with Crippen LogP contribution < -0.4 is 4.90 Å². The fourth-order valence-electron chi connectivity index (χ4n) is 1.86. The number of carbonyl (C=O) groups is 1. The summed E-state index contributed by atoms with van der Waals surface area (Å²) in [6.45, 7) is 7.45. The van der Waals surface area contributed by atoms with Gasteiger partial charge < -0.3 is 5.11 Å².